The molecule has 194 valence electrons. The molecule has 2 aliphatic rings. The van der Waals surface area contributed by atoms with Gasteiger partial charge in [-0.2, -0.15) is 0 Å². The molecule has 3 N–H and O–H groups in total. The summed E-state index contributed by atoms with van der Waals surface area (Å²) in [5, 5.41) is 16.2. The van der Waals surface area contributed by atoms with Crippen molar-refractivity contribution in [3.05, 3.63) is 56.6 Å². The number of methoxy groups -OCH3 is 1. The van der Waals surface area contributed by atoms with E-state index in [-0.39, 0.29) is 34.3 Å². The number of rotatable bonds is 6. The molecule has 1 aliphatic carbocycles. The first-order valence-electron chi connectivity index (χ1n) is 11.9. The highest BCUT2D eigenvalue weighted by atomic mass is 35.5. The minimum Gasteiger partial charge on any atom is -0.476 e. The van der Waals surface area contributed by atoms with E-state index >= 15 is 0 Å². The molecular weight excluding hydrogens is 500 g/mol. The minimum absolute atomic E-state index is 0.0695. The Kier molecular flexibility index (Phi) is 6.18. The molecule has 1 saturated heterocycles. The lowest BCUT2D eigenvalue weighted by atomic mass is 10.0. The molecule has 1 aliphatic heterocycles. The molecular formula is C25H27ClN6O5. The zero-order chi connectivity index (χ0) is 26.6. The zero-order valence-electron chi connectivity index (χ0n) is 20.8. The number of fused-ring (bicyclic) bond motifs is 2. The number of hydrogen-bond donors (Lipinski definition) is 3. The number of nitrogens with zero attached hydrogens (tertiary/aromatic N) is 4. The van der Waals surface area contributed by atoms with Crippen LogP contribution in [0.3, 0.4) is 0 Å². The number of aromatic nitrogens is 3. The van der Waals surface area contributed by atoms with Gasteiger partial charge in [0.25, 0.3) is 5.56 Å². The largest absolute Gasteiger partial charge is 0.476 e. The quantitative estimate of drug-likeness (QED) is 0.414. The van der Waals surface area contributed by atoms with Crippen LogP contribution in [0.25, 0.3) is 10.9 Å². The molecule has 11 nitrogen and oxygen atoms in total. The van der Waals surface area contributed by atoms with Gasteiger partial charge in [-0.25, -0.2) is 19.6 Å². The molecule has 0 spiro atoms. The summed E-state index contributed by atoms with van der Waals surface area (Å²) in [4.78, 5) is 47.6. The zero-order valence-corrected chi connectivity index (χ0v) is 21.5. The third-order valence-corrected chi connectivity index (χ3v) is 7.39. The van der Waals surface area contributed by atoms with Crippen molar-refractivity contribution in [2.75, 3.05) is 30.4 Å². The van der Waals surface area contributed by atoms with Crippen molar-refractivity contribution >= 4 is 46.2 Å². The minimum atomic E-state index is -1.20. The van der Waals surface area contributed by atoms with Gasteiger partial charge in [-0.3, -0.25) is 9.36 Å². The first-order valence-corrected chi connectivity index (χ1v) is 12.2. The second kappa shape index (κ2) is 9.22. The van der Waals surface area contributed by atoms with Gasteiger partial charge in [0.15, 0.2) is 5.69 Å². The van der Waals surface area contributed by atoms with Crippen molar-refractivity contribution in [3.8, 4) is 0 Å². The van der Waals surface area contributed by atoms with Gasteiger partial charge in [0.05, 0.1) is 29.7 Å². The Hall–Kier alpha value is -3.86. The number of aromatic carboxylic acids is 1. The molecule has 3 atom stereocenters. The lowest BCUT2D eigenvalue weighted by Gasteiger charge is -2.25. The number of carboxylic acid groups (broad SMARTS) is 1. The predicted molar refractivity (Wildman–Crippen MR) is 138 cm³/mol. The number of carbonyl (C=O) groups excluding carboxylic acids is 1. The van der Waals surface area contributed by atoms with E-state index in [1.54, 1.807) is 17.7 Å². The van der Waals surface area contributed by atoms with E-state index in [1.165, 1.54) is 13.2 Å². The van der Waals surface area contributed by atoms with Gasteiger partial charge in [0, 0.05) is 43.6 Å². The summed E-state index contributed by atoms with van der Waals surface area (Å²) >= 11 is 5.90. The number of pyridine rings is 1. The molecule has 0 unspecified atom stereocenters. The second-order valence-corrected chi connectivity index (χ2v) is 10.0. The topological polar surface area (TPSA) is 139 Å². The van der Waals surface area contributed by atoms with Crippen LogP contribution in [0.5, 0.6) is 0 Å². The van der Waals surface area contributed by atoms with Gasteiger partial charge in [-0.1, -0.05) is 17.7 Å². The number of aryl methyl sites for hydroxylation is 1. The van der Waals surface area contributed by atoms with E-state index in [0.29, 0.717) is 35.6 Å². The van der Waals surface area contributed by atoms with E-state index in [1.807, 2.05) is 26.0 Å². The number of halogens is 1. The molecule has 37 heavy (non-hydrogen) atoms. The fourth-order valence-electron chi connectivity index (χ4n) is 5.28. The predicted octanol–water partition coefficient (Wildman–Crippen LogP) is 2.95. The smallest absolute Gasteiger partial charge is 0.407 e. The molecule has 0 bridgehead atoms. The molecule has 12 heteroatoms. The van der Waals surface area contributed by atoms with Crippen molar-refractivity contribution in [1.29, 1.82) is 0 Å². The molecule has 3 aromatic rings. The van der Waals surface area contributed by atoms with E-state index < -0.39 is 18.1 Å². The number of ether oxygens (including phenoxy) is 1. The number of hydrogen-bond acceptors (Lipinski definition) is 8. The molecule has 1 amide bonds. The first kappa shape index (κ1) is 24.8. The Bertz CT molecular complexity index is 1480. The number of piperidine rings is 1. The highest BCUT2D eigenvalue weighted by Crippen LogP contribution is 2.46. The number of nitrogens with one attached hydrogen (secondary N) is 2. The normalized spacial score (nSPS) is 20.9. The SMILES string of the molecule is COC(=O)NC1[C@H]2CN(c3nc4c([C@@H](C)Nc5ccc(Cl)nc5C(=O)O)cc(C)cc4c(=O)n3C)C[C@H]12. The maximum absolute atomic E-state index is 13.4. The van der Waals surface area contributed by atoms with Crippen LogP contribution in [0.15, 0.2) is 29.1 Å². The number of amides is 1. The van der Waals surface area contributed by atoms with Gasteiger partial charge in [0.2, 0.25) is 5.95 Å². The maximum atomic E-state index is 13.4. The van der Waals surface area contributed by atoms with Crippen molar-refractivity contribution in [2.45, 2.75) is 25.9 Å². The number of carboxylic acids is 1. The van der Waals surface area contributed by atoms with Gasteiger partial charge in [-0.05, 0) is 37.6 Å². The fraction of sp³-hybridized carbons (Fsp3) is 0.400. The van der Waals surface area contributed by atoms with Crippen LogP contribution in [0.4, 0.5) is 16.4 Å². The third kappa shape index (κ3) is 4.43. The molecule has 0 radical (unpaired) electrons. The molecule has 2 fully saturated rings. The summed E-state index contributed by atoms with van der Waals surface area (Å²) in [5.74, 6) is -0.0976. The Morgan fingerprint density at radius 1 is 1.22 bits per heavy atom. The summed E-state index contributed by atoms with van der Waals surface area (Å²) in [6, 6.07) is 6.52. The highest BCUT2D eigenvalue weighted by Gasteiger charge is 2.57. The van der Waals surface area contributed by atoms with Gasteiger partial charge < -0.3 is 25.4 Å². The number of benzene rings is 1. The van der Waals surface area contributed by atoms with Crippen LogP contribution in [0, 0.1) is 18.8 Å². The Labute approximate surface area is 217 Å². The van der Waals surface area contributed by atoms with Crippen LogP contribution in [0.1, 0.15) is 34.6 Å². The lowest BCUT2D eigenvalue weighted by molar-refractivity contribution is 0.0691. The molecule has 3 heterocycles. The lowest BCUT2D eigenvalue weighted by Crippen LogP contribution is -2.37. The van der Waals surface area contributed by atoms with Crippen LogP contribution >= 0.6 is 11.6 Å². The van der Waals surface area contributed by atoms with Crippen LogP contribution in [-0.4, -0.2) is 57.9 Å². The average Bonchev–Trinajstić information content (AvgIpc) is 3.28. The van der Waals surface area contributed by atoms with E-state index in [4.69, 9.17) is 21.3 Å². The standard InChI is InChI=1S/C25H27ClN6O5/c1-11-7-13(12(2)27-17-5-6-18(26)28-21(17)23(34)35)19-14(8-11)22(33)31(3)24(29-19)32-9-15-16(10-32)20(15)30-25(36)37-4/h5-8,12,15-16,20,27H,9-10H2,1-4H3,(H,30,36)(H,34,35)/t12-,15+,16+/m1/s1. The van der Waals surface area contributed by atoms with E-state index in [9.17, 15) is 19.5 Å². The molecule has 1 saturated carbocycles. The first-order chi connectivity index (χ1) is 17.6. The number of carbonyl (C=O) groups is 2. The fourth-order valence-corrected chi connectivity index (χ4v) is 5.43. The highest BCUT2D eigenvalue weighted by molar-refractivity contribution is 6.29. The molecule has 5 rings (SSSR count). The van der Waals surface area contributed by atoms with Crippen molar-refractivity contribution in [2.24, 2.45) is 18.9 Å². The summed E-state index contributed by atoms with van der Waals surface area (Å²) in [6.45, 7) is 5.11. The van der Waals surface area contributed by atoms with Gasteiger partial charge >= 0.3 is 12.1 Å². The number of alkyl carbamates (subject to hydrolysis) is 1. The van der Waals surface area contributed by atoms with Crippen LogP contribution < -0.4 is 21.1 Å². The van der Waals surface area contributed by atoms with Crippen LogP contribution in [0.2, 0.25) is 5.15 Å². The van der Waals surface area contributed by atoms with Gasteiger partial charge in [0.1, 0.15) is 5.15 Å². The number of anilines is 2. The third-order valence-electron chi connectivity index (χ3n) is 7.18. The van der Waals surface area contributed by atoms with Crippen molar-refractivity contribution in [3.63, 3.8) is 0 Å². The summed E-state index contributed by atoms with van der Waals surface area (Å²) in [7, 11) is 3.05. The van der Waals surface area contributed by atoms with Crippen molar-refractivity contribution in [1.82, 2.24) is 19.9 Å². The monoisotopic (exact) mass is 526 g/mol. The Morgan fingerprint density at radius 2 is 1.92 bits per heavy atom. The Morgan fingerprint density at radius 3 is 2.57 bits per heavy atom. The van der Waals surface area contributed by atoms with Crippen LogP contribution in [-0.2, 0) is 11.8 Å². The summed E-state index contributed by atoms with van der Waals surface area (Å²) < 4.78 is 6.26. The second-order valence-electron chi connectivity index (χ2n) is 9.62. The molecule has 1 aromatic carbocycles. The summed E-state index contributed by atoms with van der Waals surface area (Å²) in [6.07, 6.45) is -0.439. The average molecular weight is 527 g/mol. The van der Waals surface area contributed by atoms with E-state index in [2.05, 4.69) is 20.5 Å². The van der Waals surface area contributed by atoms with Gasteiger partial charge in [-0.15, -0.1) is 0 Å². The summed E-state index contributed by atoms with van der Waals surface area (Å²) in [5.41, 5.74) is 2.15. The van der Waals surface area contributed by atoms with Crippen molar-refractivity contribution < 1.29 is 19.4 Å². The van der Waals surface area contributed by atoms with E-state index in [0.717, 1.165) is 11.1 Å². The molecule has 2 aromatic heterocycles. The Balaban J connectivity index is 1.49. The maximum Gasteiger partial charge on any atom is 0.407 e.